The fourth-order valence-corrected chi connectivity index (χ4v) is 4.63. The Morgan fingerprint density at radius 3 is 2.81 bits per heavy atom. The largest absolute Gasteiger partial charge is 0.497 e. The van der Waals surface area contributed by atoms with Crippen LogP contribution in [-0.2, 0) is 26.1 Å². The minimum Gasteiger partial charge on any atom is -0.497 e. The Balaban J connectivity index is 1.54. The molecule has 0 saturated heterocycles. The minimum absolute atomic E-state index is 0.00233. The molecule has 1 aromatic carbocycles. The molecule has 1 amide bonds. The molecule has 0 fully saturated rings. The fourth-order valence-electron chi connectivity index (χ4n) is 4.63. The lowest BCUT2D eigenvalue weighted by atomic mass is 9.89. The standard InChI is InChI=1S/C27H30N6O3/c1-4-28-27-32(10-11-36-27)16-19-12-24(20-15-30-33(5-2)17-20)23-7-9-31(26(34)25(23)13-19)18-21-14-22(35-3)6-8-29-21/h6,8,10-15,17H,4-5,7,9,16,18H2,1-3H3. The van der Waals surface area contributed by atoms with Crippen molar-refractivity contribution in [3.63, 3.8) is 0 Å². The number of pyridine rings is 1. The van der Waals surface area contributed by atoms with Crippen LogP contribution in [0.3, 0.4) is 0 Å². The van der Waals surface area contributed by atoms with Gasteiger partial charge in [-0.3, -0.25) is 19.0 Å². The number of aryl methyl sites for hydroxylation is 1. The number of fused-ring (bicyclic) bond motifs is 1. The molecule has 5 rings (SSSR count). The maximum Gasteiger partial charge on any atom is 0.296 e. The molecule has 0 atom stereocenters. The molecule has 0 spiro atoms. The fraction of sp³-hybridized carbons (Fsp3) is 0.333. The Morgan fingerprint density at radius 2 is 2.03 bits per heavy atom. The number of amides is 1. The first-order valence-electron chi connectivity index (χ1n) is 12.2. The summed E-state index contributed by atoms with van der Waals surface area (Å²) >= 11 is 0. The van der Waals surface area contributed by atoms with Gasteiger partial charge in [0.05, 0.1) is 32.1 Å². The summed E-state index contributed by atoms with van der Waals surface area (Å²) in [6.07, 6.45) is 9.88. The molecule has 186 valence electrons. The highest BCUT2D eigenvalue weighted by Gasteiger charge is 2.28. The van der Waals surface area contributed by atoms with Crippen molar-refractivity contribution in [2.24, 2.45) is 4.99 Å². The highest BCUT2D eigenvalue weighted by Crippen LogP contribution is 2.32. The Bertz CT molecular complexity index is 1450. The van der Waals surface area contributed by atoms with Gasteiger partial charge in [0.25, 0.3) is 11.6 Å². The molecule has 0 N–H and O–H groups in total. The summed E-state index contributed by atoms with van der Waals surface area (Å²) in [5.74, 6) is 0.732. The molecule has 36 heavy (non-hydrogen) atoms. The molecule has 0 bridgehead atoms. The number of oxazole rings is 1. The second-order valence-electron chi connectivity index (χ2n) is 8.71. The number of benzene rings is 1. The first-order valence-corrected chi connectivity index (χ1v) is 12.2. The van der Waals surface area contributed by atoms with Crippen molar-refractivity contribution in [1.82, 2.24) is 24.2 Å². The van der Waals surface area contributed by atoms with Crippen molar-refractivity contribution in [1.29, 1.82) is 0 Å². The normalized spacial score (nSPS) is 13.8. The van der Waals surface area contributed by atoms with E-state index in [1.165, 1.54) is 0 Å². The lowest BCUT2D eigenvalue weighted by Crippen LogP contribution is -2.37. The predicted octanol–water partition coefficient (Wildman–Crippen LogP) is 3.54. The number of nitrogens with zero attached hydrogens (tertiary/aromatic N) is 6. The van der Waals surface area contributed by atoms with Crippen LogP contribution in [0.4, 0.5) is 0 Å². The zero-order valence-electron chi connectivity index (χ0n) is 20.8. The van der Waals surface area contributed by atoms with Crippen molar-refractivity contribution in [3.8, 4) is 16.9 Å². The highest BCUT2D eigenvalue weighted by molar-refractivity contribution is 5.99. The average Bonchev–Trinajstić information content (AvgIpc) is 3.56. The van der Waals surface area contributed by atoms with Gasteiger partial charge in [0.2, 0.25) is 0 Å². The zero-order chi connectivity index (χ0) is 25.1. The van der Waals surface area contributed by atoms with E-state index in [4.69, 9.17) is 9.15 Å². The first kappa shape index (κ1) is 23.6. The minimum atomic E-state index is 0.00233. The van der Waals surface area contributed by atoms with E-state index in [0.29, 0.717) is 31.9 Å². The van der Waals surface area contributed by atoms with Crippen LogP contribution in [-0.4, -0.2) is 50.3 Å². The van der Waals surface area contributed by atoms with Gasteiger partial charge in [0.1, 0.15) is 12.0 Å². The molecular formula is C27H30N6O3. The van der Waals surface area contributed by atoms with E-state index in [1.807, 2.05) is 51.8 Å². The van der Waals surface area contributed by atoms with E-state index in [1.54, 1.807) is 25.6 Å². The van der Waals surface area contributed by atoms with Crippen molar-refractivity contribution in [2.45, 2.75) is 39.9 Å². The molecule has 0 unspecified atom stereocenters. The molecule has 3 aromatic heterocycles. The summed E-state index contributed by atoms with van der Waals surface area (Å²) in [5, 5.41) is 4.48. The summed E-state index contributed by atoms with van der Waals surface area (Å²) in [6, 6.07) is 7.85. The van der Waals surface area contributed by atoms with Crippen LogP contribution in [0.2, 0.25) is 0 Å². The van der Waals surface area contributed by atoms with Gasteiger partial charge < -0.3 is 14.1 Å². The molecule has 4 heterocycles. The predicted molar refractivity (Wildman–Crippen MR) is 134 cm³/mol. The van der Waals surface area contributed by atoms with Crippen LogP contribution in [0.25, 0.3) is 11.1 Å². The van der Waals surface area contributed by atoms with Crippen molar-refractivity contribution in [3.05, 3.63) is 83.4 Å². The maximum absolute atomic E-state index is 13.7. The second-order valence-corrected chi connectivity index (χ2v) is 8.71. The second kappa shape index (κ2) is 10.2. The number of ether oxygens (including phenoxy) is 1. The topological polar surface area (TPSA) is 90.7 Å². The number of rotatable bonds is 8. The van der Waals surface area contributed by atoms with E-state index < -0.39 is 0 Å². The number of hydrogen-bond acceptors (Lipinski definition) is 6. The van der Waals surface area contributed by atoms with Crippen LogP contribution in [0.15, 0.2) is 64.7 Å². The smallest absolute Gasteiger partial charge is 0.296 e. The van der Waals surface area contributed by atoms with E-state index in [-0.39, 0.29) is 5.91 Å². The number of hydrogen-bond donors (Lipinski definition) is 0. The summed E-state index contributed by atoms with van der Waals surface area (Å²) in [7, 11) is 1.63. The van der Waals surface area contributed by atoms with Crippen LogP contribution in [0.1, 0.15) is 41.0 Å². The van der Waals surface area contributed by atoms with Gasteiger partial charge >= 0.3 is 0 Å². The lowest BCUT2D eigenvalue weighted by Gasteiger charge is -2.30. The zero-order valence-corrected chi connectivity index (χ0v) is 20.8. The molecular weight excluding hydrogens is 456 g/mol. The van der Waals surface area contributed by atoms with Gasteiger partial charge in [-0.25, -0.2) is 4.99 Å². The van der Waals surface area contributed by atoms with Gasteiger partial charge in [0.15, 0.2) is 0 Å². The summed E-state index contributed by atoms with van der Waals surface area (Å²) < 4.78 is 14.7. The Hall–Kier alpha value is -4.14. The molecule has 0 aliphatic carbocycles. The molecule has 1 aliphatic heterocycles. The van der Waals surface area contributed by atoms with Crippen molar-refractivity contribution < 1.29 is 13.9 Å². The molecule has 4 aromatic rings. The molecule has 1 aliphatic rings. The molecule has 9 nitrogen and oxygen atoms in total. The average molecular weight is 487 g/mol. The van der Waals surface area contributed by atoms with E-state index in [0.717, 1.165) is 52.2 Å². The van der Waals surface area contributed by atoms with Gasteiger partial charge in [-0.1, -0.05) is 0 Å². The SMILES string of the molecule is CCN=c1occn1Cc1cc2c(c(-c3cnn(CC)c3)c1)CCN(Cc1cc(OC)ccn1)C2=O. The third-order valence-corrected chi connectivity index (χ3v) is 6.41. The molecule has 0 saturated carbocycles. The van der Waals surface area contributed by atoms with Crippen molar-refractivity contribution >= 4 is 5.91 Å². The number of carbonyl (C=O) groups excluding carboxylic acids is 1. The number of carbonyl (C=O) groups is 1. The molecule has 0 radical (unpaired) electrons. The molecule has 9 heteroatoms. The van der Waals surface area contributed by atoms with Gasteiger partial charge in [-0.15, -0.1) is 0 Å². The quantitative estimate of drug-likeness (QED) is 0.380. The van der Waals surface area contributed by atoms with Crippen LogP contribution >= 0.6 is 0 Å². The van der Waals surface area contributed by atoms with Crippen LogP contribution in [0.5, 0.6) is 5.75 Å². The van der Waals surface area contributed by atoms with Crippen LogP contribution < -0.4 is 10.4 Å². The number of aromatic nitrogens is 4. The summed E-state index contributed by atoms with van der Waals surface area (Å²) in [4.78, 5) is 24.5. The lowest BCUT2D eigenvalue weighted by molar-refractivity contribution is 0.0725. The third-order valence-electron chi connectivity index (χ3n) is 6.41. The monoisotopic (exact) mass is 486 g/mol. The van der Waals surface area contributed by atoms with Gasteiger partial charge in [-0.2, -0.15) is 5.10 Å². The van der Waals surface area contributed by atoms with Gasteiger partial charge in [0, 0.05) is 55.4 Å². The Morgan fingerprint density at radius 1 is 1.17 bits per heavy atom. The number of methoxy groups -OCH3 is 1. The summed E-state index contributed by atoms with van der Waals surface area (Å²) in [5.41, 5.74) is 6.21. The van der Waals surface area contributed by atoms with Crippen LogP contribution in [0, 0.1) is 0 Å². The van der Waals surface area contributed by atoms with E-state index in [2.05, 4.69) is 28.1 Å². The highest BCUT2D eigenvalue weighted by atomic mass is 16.5. The third kappa shape index (κ3) is 4.68. The van der Waals surface area contributed by atoms with Gasteiger partial charge in [-0.05, 0) is 55.2 Å². The first-order chi connectivity index (χ1) is 17.6. The Labute approximate surface area is 209 Å². The van der Waals surface area contributed by atoms with Crippen molar-refractivity contribution in [2.75, 3.05) is 20.2 Å². The van der Waals surface area contributed by atoms with E-state index >= 15 is 0 Å². The summed E-state index contributed by atoms with van der Waals surface area (Å²) in [6.45, 7) is 7.04. The maximum atomic E-state index is 13.7. The van der Waals surface area contributed by atoms with E-state index in [9.17, 15) is 4.79 Å². The Kier molecular flexibility index (Phi) is 6.71.